The van der Waals surface area contributed by atoms with Crippen LogP contribution in [0, 0.1) is 0 Å². The Balaban J connectivity index is 3.27. The van der Waals surface area contributed by atoms with Crippen LogP contribution in [0.15, 0.2) is 23.2 Å². The van der Waals surface area contributed by atoms with Crippen LogP contribution in [-0.4, -0.2) is 11.8 Å². The molecule has 3 nitrogen and oxygen atoms in total. The lowest BCUT2D eigenvalue weighted by atomic mass is 10.2. The van der Waals surface area contributed by atoms with Gasteiger partial charge < -0.3 is 10.8 Å². The number of phenols is 1. The topological polar surface area (TPSA) is 58.6 Å². The van der Waals surface area contributed by atoms with Gasteiger partial charge in [0.05, 0.1) is 11.4 Å². The summed E-state index contributed by atoms with van der Waals surface area (Å²) in [5.74, 6) is 0.0462. The quantitative estimate of drug-likeness (QED) is 0.347. The molecule has 1 aromatic carbocycles. The van der Waals surface area contributed by atoms with Crippen LogP contribution in [0.5, 0.6) is 5.75 Å². The van der Waals surface area contributed by atoms with Gasteiger partial charge >= 0.3 is 0 Å². The largest absolute Gasteiger partial charge is 0.506 e. The van der Waals surface area contributed by atoms with E-state index in [0.717, 1.165) is 0 Å². The van der Waals surface area contributed by atoms with E-state index in [1.165, 1.54) is 6.07 Å². The van der Waals surface area contributed by atoms with Crippen LogP contribution in [0.2, 0.25) is 0 Å². The van der Waals surface area contributed by atoms with Gasteiger partial charge in [-0.15, -0.1) is 0 Å². The minimum absolute atomic E-state index is 0.0462. The zero-order valence-electron chi connectivity index (χ0n) is 5.41. The number of benzene rings is 1. The predicted octanol–water partition coefficient (Wildman–Crippen LogP) is 1.31. The minimum Gasteiger partial charge on any atom is -0.506 e. The van der Waals surface area contributed by atoms with Gasteiger partial charge in [0.15, 0.2) is 0 Å². The van der Waals surface area contributed by atoms with Crippen molar-refractivity contribution in [2.24, 2.45) is 4.99 Å². The SMILES string of the molecule is C=Nc1cccc(O)c1N. The van der Waals surface area contributed by atoms with Gasteiger partial charge in [-0.2, -0.15) is 0 Å². The Morgan fingerprint density at radius 1 is 1.50 bits per heavy atom. The standard InChI is InChI=1S/C7H8N2O/c1-9-5-3-2-4-6(10)7(5)8/h2-4,10H,1,8H2. The highest BCUT2D eigenvalue weighted by Crippen LogP contribution is 2.29. The second kappa shape index (κ2) is 2.39. The number of anilines is 1. The van der Waals surface area contributed by atoms with E-state index in [9.17, 15) is 0 Å². The number of hydrogen-bond acceptors (Lipinski definition) is 3. The van der Waals surface area contributed by atoms with Crippen molar-refractivity contribution in [3.8, 4) is 5.75 Å². The van der Waals surface area contributed by atoms with Gasteiger partial charge in [0.2, 0.25) is 0 Å². The number of nitrogens with two attached hydrogens (primary N) is 1. The number of phenolic OH excluding ortho intramolecular Hbond substituents is 1. The van der Waals surface area contributed by atoms with Gasteiger partial charge in [0.1, 0.15) is 5.75 Å². The summed E-state index contributed by atoms with van der Waals surface area (Å²) in [5, 5.41) is 9.02. The van der Waals surface area contributed by atoms with Crippen molar-refractivity contribution in [1.29, 1.82) is 0 Å². The molecule has 52 valence electrons. The predicted molar refractivity (Wildman–Crippen MR) is 41.7 cm³/mol. The maximum atomic E-state index is 9.02. The molecule has 0 aliphatic carbocycles. The first-order valence-corrected chi connectivity index (χ1v) is 2.80. The number of aromatic hydroxyl groups is 1. The number of nitrogen functional groups attached to an aromatic ring is 1. The van der Waals surface area contributed by atoms with Crippen molar-refractivity contribution in [2.45, 2.75) is 0 Å². The van der Waals surface area contributed by atoms with Gasteiger partial charge in [0, 0.05) is 0 Å². The molecule has 0 saturated carbocycles. The highest BCUT2D eigenvalue weighted by molar-refractivity contribution is 5.71. The average molecular weight is 136 g/mol. The third kappa shape index (κ3) is 0.932. The Morgan fingerprint density at radius 2 is 2.20 bits per heavy atom. The lowest BCUT2D eigenvalue weighted by molar-refractivity contribution is 0.478. The maximum Gasteiger partial charge on any atom is 0.140 e. The Bertz CT molecular complexity index is 258. The van der Waals surface area contributed by atoms with E-state index in [2.05, 4.69) is 11.7 Å². The Kier molecular flexibility index (Phi) is 1.58. The number of aliphatic imine (C=N–C) groups is 1. The third-order valence-corrected chi connectivity index (χ3v) is 1.23. The molecular formula is C7H8N2O. The highest BCUT2D eigenvalue weighted by atomic mass is 16.3. The molecule has 0 radical (unpaired) electrons. The van der Waals surface area contributed by atoms with Gasteiger partial charge in [-0.1, -0.05) is 6.07 Å². The normalized spacial score (nSPS) is 9.20. The fraction of sp³-hybridized carbons (Fsp3) is 0. The first-order chi connectivity index (χ1) is 4.75. The van der Waals surface area contributed by atoms with Crippen molar-refractivity contribution >= 4 is 18.1 Å². The van der Waals surface area contributed by atoms with Crippen molar-refractivity contribution in [1.82, 2.24) is 0 Å². The number of para-hydroxylation sites is 1. The lowest BCUT2D eigenvalue weighted by Crippen LogP contribution is -1.84. The molecule has 0 unspecified atom stereocenters. The molecule has 0 aromatic heterocycles. The fourth-order valence-electron chi connectivity index (χ4n) is 0.679. The first-order valence-electron chi connectivity index (χ1n) is 2.80. The van der Waals surface area contributed by atoms with Crippen LogP contribution in [0.4, 0.5) is 11.4 Å². The van der Waals surface area contributed by atoms with Gasteiger partial charge in [-0.25, -0.2) is 0 Å². The molecule has 0 bridgehead atoms. The van der Waals surface area contributed by atoms with Crippen LogP contribution in [-0.2, 0) is 0 Å². The summed E-state index contributed by atoms with van der Waals surface area (Å²) in [4.78, 5) is 3.60. The summed E-state index contributed by atoms with van der Waals surface area (Å²) in [5.41, 5.74) is 6.20. The molecule has 3 N–H and O–H groups in total. The Labute approximate surface area is 58.8 Å². The molecule has 0 atom stereocenters. The van der Waals surface area contributed by atoms with Crippen LogP contribution >= 0.6 is 0 Å². The molecule has 0 aliphatic heterocycles. The third-order valence-electron chi connectivity index (χ3n) is 1.23. The second-order valence-corrected chi connectivity index (χ2v) is 1.87. The molecule has 0 spiro atoms. The van der Waals surface area contributed by atoms with Gasteiger partial charge in [-0.05, 0) is 18.9 Å². The van der Waals surface area contributed by atoms with E-state index < -0.39 is 0 Å². The molecule has 0 heterocycles. The zero-order chi connectivity index (χ0) is 7.56. The van der Waals surface area contributed by atoms with Crippen LogP contribution in [0.25, 0.3) is 0 Å². The Morgan fingerprint density at radius 3 is 2.70 bits per heavy atom. The highest BCUT2D eigenvalue weighted by Gasteiger charge is 1.98. The van der Waals surface area contributed by atoms with Crippen molar-refractivity contribution in [3.63, 3.8) is 0 Å². The molecule has 1 aromatic rings. The van der Waals surface area contributed by atoms with Crippen molar-refractivity contribution in [2.75, 3.05) is 5.73 Å². The monoisotopic (exact) mass is 136 g/mol. The van der Waals surface area contributed by atoms with Crippen LogP contribution < -0.4 is 5.73 Å². The summed E-state index contributed by atoms with van der Waals surface area (Å²) in [7, 11) is 0. The molecule has 0 fully saturated rings. The maximum absolute atomic E-state index is 9.02. The molecule has 0 amide bonds. The number of rotatable bonds is 1. The molecule has 10 heavy (non-hydrogen) atoms. The van der Waals surface area contributed by atoms with E-state index in [0.29, 0.717) is 5.69 Å². The van der Waals surface area contributed by atoms with E-state index in [1.807, 2.05) is 0 Å². The zero-order valence-corrected chi connectivity index (χ0v) is 5.41. The number of hydrogen-bond donors (Lipinski definition) is 2. The van der Waals surface area contributed by atoms with E-state index in [-0.39, 0.29) is 11.4 Å². The average Bonchev–Trinajstić information content (AvgIpc) is 1.95. The van der Waals surface area contributed by atoms with Crippen LogP contribution in [0.3, 0.4) is 0 Å². The molecule has 0 aliphatic rings. The Hall–Kier alpha value is -1.51. The summed E-state index contributed by atoms with van der Waals surface area (Å²) in [6.45, 7) is 3.29. The van der Waals surface area contributed by atoms with Crippen molar-refractivity contribution in [3.05, 3.63) is 18.2 Å². The summed E-state index contributed by atoms with van der Waals surface area (Å²) in [6, 6.07) is 4.85. The summed E-state index contributed by atoms with van der Waals surface area (Å²) in [6.07, 6.45) is 0. The minimum atomic E-state index is 0.0462. The van der Waals surface area contributed by atoms with E-state index in [1.54, 1.807) is 12.1 Å². The van der Waals surface area contributed by atoms with Crippen molar-refractivity contribution < 1.29 is 5.11 Å². The molecule has 3 heteroatoms. The molecular weight excluding hydrogens is 128 g/mol. The number of nitrogens with zero attached hydrogens (tertiary/aromatic N) is 1. The molecule has 0 saturated heterocycles. The van der Waals surface area contributed by atoms with Crippen LogP contribution in [0.1, 0.15) is 0 Å². The smallest absolute Gasteiger partial charge is 0.140 e. The fourth-order valence-corrected chi connectivity index (χ4v) is 0.679. The lowest BCUT2D eigenvalue weighted by Gasteiger charge is -1.99. The van der Waals surface area contributed by atoms with Gasteiger partial charge in [-0.3, -0.25) is 4.99 Å². The first kappa shape index (κ1) is 6.61. The second-order valence-electron chi connectivity index (χ2n) is 1.87. The molecule has 1 rings (SSSR count). The van der Waals surface area contributed by atoms with Gasteiger partial charge in [0.25, 0.3) is 0 Å². The summed E-state index contributed by atoms with van der Waals surface area (Å²) >= 11 is 0. The summed E-state index contributed by atoms with van der Waals surface area (Å²) < 4.78 is 0. The van der Waals surface area contributed by atoms with E-state index in [4.69, 9.17) is 10.8 Å². The van der Waals surface area contributed by atoms with E-state index >= 15 is 0 Å².